The van der Waals surface area contributed by atoms with Gasteiger partial charge in [-0.1, -0.05) is 30.1 Å². The quantitative estimate of drug-likeness (QED) is 0.845. The van der Waals surface area contributed by atoms with Gasteiger partial charge >= 0.3 is 0 Å². The first-order chi connectivity index (χ1) is 8.56. The number of hydrogen-bond acceptors (Lipinski definition) is 2. The van der Waals surface area contributed by atoms with Gasteiger partial charge in [-0.2, -0.15) is 0 Å². The Labute approximate surface area is 117 Å². The van der Waals surface area contributed by atoms with Gasteiger partial charge < -0.3 is 9.73 Å². The first kappa shape index (κ1) is 13.7. The maximum atomic E-state index is 6.22. The predicted molar refractivity (Wildman–Crippen MR) is 77.7 cm³/mol. The standard InChI is InChI=1S/C14H17Cl2NO/c1-4-7-17-9(3)13-8(2)12-10(15)5-6-11(16)14(12)18-13/h5-6,9,17H,4,7H2,1-3H3. The predicted octanol–water partition coefficient (Wildman–Crippen LogP) is 5.11. The summed E-state index contributed by atoms with van der Waals surface area (Å²) >= 11 is 12.4. The number of halogens is 2. The molecule has 2 nitrogen and oxygen atoms in total. The van der Waals surface area contributed by atoms with Crippen molar-refractivity contribution in [1.82, 2.24) is 5.32 Å². The van der Waals surface area contributed by atoms with Gasteiger partial charge in [0.05, 0.1) is 16.1 Å². The Morgan fingerprint density at radius 1 is 1.28 bits per heavy atom. The number of aryl methyl sites for hydroxylation is 1. The molecule has 2 rings (SSSR count). The van der Waals surface area contributed by atoms with Crippen LogP contribution in [0.25, 0.3) is 11.0 Å². The van der Waals surface area contributed by atoms with Gasteiger partial charge in [0.15, 0.2) is 5.58 Å². The largest absolute Gasteiger partial charge is 0.457 e. The molecule has 0 bridgehead atoms. The van der Waals surface area contributed by atoms with Crippen molar-refractivity contribution in [2.45, 2.75) is 33.2 Å². The topological polar surface area (TPSA) is 25.2 Å². The lowest BCUT2D eigenvalue weighted by molar-refractivity contribution is 0.449. The zero-order valence-corrected chi connectivity index (χ0v) is 12.3. The van der Waals surface area contributed by atoms with Crippen molar-refractivity contribution < 1.29 is 4.42 Å². The average Bonchev–Trinajstić information content (AvgIpc) is 2.70. The van der Waals surface area contributed by atoms with E-state index in [9.17, 15) is 0 Å². The molecule has 98 valence electrons. The molecule has 0 amide bonds. The molecule has 2 aromatic rings. The maximum absolute atomic E-state index is 6.22. The Morgan fingerprint density at radius 3 is 2.56 bits per heavy atom. The fourth-order valence-corrected chi connectivity index (χ4v) is 2.65. The number of benzene rings is 1. The van der Waals surface area contributed by atoms with Gasteiger partial charge in [0, 0.05) is 10.9 Å². The molecular weight excluding hydrogens is 269 g/mol. The summed E-state index contributed by atoms with van der Waals surface area (Å²) in [7, 11) is 0. The van der Waals surface area contributed by atoms with Crippen molar-refractivity contribution in [3.05, 3.63) is 33.5 Å². The van der Waals surface area contributed by atoms with Crippen molar-refractivity contribution in [2.75, 3.05) is 6.54 Å². The molecule has 0 aliphatic rings. The smallest absolute Gasteiger partial charge is 0.154 e. The van der Waals surface area contributed by atoms with E-state index in [0.717, 1.165) is 29.7 Å². The van der Waals surface area contributed by atoms with Crippen LogP contribution < -0.4 is 5.32 Å². The Morgan fingerprint density at radius 2 is 1.94 bits per heavy atom. The van der Waals surface area contributed by atoms with Crippen LogP contribution in [0.4, 0.5) is 0 Å². The second-order valence-electron chi connectivity index (χ2n) is 4.50. The van der Waals surface area contributed by atoms with Crippen LogP contribution in [0.3, 0.4) is 0 Å². The van der Waals surface area contributed by atoms with Gasteiger partial charge in [0.25, 0.3) is 0 Å². The first-order valence-corrected chi connectivity index (χ1v) is 6.92. The van der Waals surface area contributed by atoms with Crippen molar-refractivity contribution in [1.29, 1.82) is 0 Å². The van der Waals surface area contributed by atoms with Gasteiger partial charge in [-0.25, -0.2) is 0 Å². The summed E-state index contributed by atoms with van der Waals surface area (Å²) < 4.78 is 5.89. The summed E-state index contributed by atoms with van der Waals surface area (Å²) in [5.74, 6) is 0.911. The summed E-state index contributed by atoms with van der Waals surface area (Å²) in [6.45, 7) is 7.20. The summed E-state index contributed by atoms with van der Waals surface area (Å²) in [5.41, 5.74) is 1.75. The van der Waals surface area contributed by atoms with E-state index >= 15 is 0 Å². The van der Waals surface area contributed by atoms with E-state index in [-0.39, 0.29) is 6.04 Å². The monoisotopic (exact) mass is 285 g/mol. The van der Waals surface area contributed by atoms with Crippen molar-refractivity contribution >= 4 is 34.2 Å². The molecule has 0 aliphatic heterocycles. The molecule has 1 atom stereocenters. The van der Waals surface area contributed by atoms with E-state index in [1.165, 1.54) is 0 Å². The van der Waals surface area contributed by atoms with Crippen LogP contribution in [0.1, 0.15) is 37.6 Å². The Hall–Kier alpha value is -0.700. The summed E-state index contributed by atoms with van der Waals surface area (Å²) in [6.07, 6.45) is 1.09. The molecule has 1 aromatic heterocycles. The lowest BCUT2D eigenvalue weighted by atomic mass is 10.1. The molecule has 1 unspecified atom stereocenters. The minimum Gasteiger partial charge on any atom is -0.457 e. The lowest BCUT2D eigenvalue weighted by Gasteiger charge is -2.11. The van der Waals surface area contributed by atoms with Gasteiger partial charge in [-0.05, 0) is 38.9 Å². The molecular formula is C14H17Cl2NO. The molecule has 1 aromatic carbocycles. The minimum absolute atomic E-state index is 0.157. The normalized spacial score (nSPS) is 13.2. The van der Waals surface area contributed by atoms with E-state index < -0.39 is 0 Å². The molecule has 0 radical (unpaired) electrons. The van der Waals surface area contributed by atoms with Crippen molar-refractivity contribution in [3.8, 4) is 0 Å². The van der Waals surface area contributed by atoms with E-state index in [0.29, 0.717) is 15.6 Å². The van der Waals surface area contributed by atoms with Crippen LogP contribution in [-0.4, -0.2) is 6.54 Å². The van der Waals surface area contributed by atoms with Gasteiger partial charge in [0.2, 0.25) is 0 Å². The molecule has 0 fully saturated rings. The Balaban J connectivity index is 2.50. The first-order valence-electron chi connectivity index (χ1n) is 6.16. The lowest BCUT2D eigenvalue weighted by Crippen LogP contribution is -2.19. The third-order valence-electron chi connectivity index (χ3n) is 3.11. The molecule has 0 saturated heterocycles. The number of hydrogen-bond donors (Lipinski definition) is 1. The number of rotatable bonds is 4. The fraction of sp³-hybridized carbons (Fsp3) is 0.429. The second-order valence-corrected chi connectivity index (χ2v) is 5.31. The zero-order valence-electron chi connectivity index (χ0n) is 10.8. The molecule has 4 heteroatoms. The molecule has 0 aliphatic carbocycles. The van der Waals surface area contributed by atoms with E-state index in [1.807, 2.05) is 13.0 Å². The van der Waals surface area contributed by atoms with E-state index in [4.69, 9.17) is 27.6 Å². The number of furan rings is 1. The van der Waals surface area contributed by atoms with Crippen LogP contribution in [-0.2, 0) is 0 Å². The highest BCUT2D eigenvalue weighted by Gasteiger charge is 2.19. The van der Waals surface area contributed by atoms with Crippen LogP contribution in [0.5, 0.6) is 0 Å². The van der Waals surface area contributed by atoms with Crippen LogP contribution >= 0.6 is 23.2 Å². The Kier molecular flexibility index (Phi) is 4.21. The van der Waals surface area contributed by atoms with Gasteiger partial charge in [-0.15, -0.1) is 0 Å². The molecule has 1 heterocycles. The van der Waals surface area contributed by atoms with Crippen molar-refractivity contribution in [3.63, 3.8) is 0 Å². The van der Waals surface area contributed by atoms with Gasteiger partial charge in [0.1, 0.15) is 5.76 Å². The summed E-state index contributed by atoms with van der Waals surface area (Å²) in [4.78, 5) is 0. The maximum Gasteiger partial charge on any atom is 0.154 e. The second kappa shape index (κ2) is 5.52. The number of nitrogens with one attached hydrogen (secondary N) is 1. The van der Waals surface area contributed by atoms with Crippen LogP contribution in [0.15, 0.2) is 16.5 Å². The highest BCUT2D eigenvalue weighted by molar-refractivity contribution is 6.40. The highest BCUT2D eigenvalue weighted by Crippen LogP contribution is 2.37. The van der Waals surface area contributed by atoms with Crippen molar-refractivity contribution in [2.24, 2.45) is 0 Å². The molecule has 1 N–H and O–H groups in total. The average molecular weight is 286 g/mol. The Bertz CT molecular complexity index is 562. The summed E-state index contributed by atoms with van der Waals surface area (Å²) in [5, 5.41) is 5.62. The minimum atomic E-state index is 0.157. The molecule has 0 spiro atoms. The van der Waals surface area contributed by atoms with E-state index in [1.54, 1.807) is 6.07 Å². The molecule has 0 saturated carbocycles. The summed E-state index contributed by atoms with van der Waals surface area (Å²) in [6, 6.07) is 3.73. The van der Waals surface area contributed by atoms with Gasteiger partial charge in [-0.3, -0.25) is 0 Å². The highest BCUT2D eigenvalue weighted by atomic mass is 35.5. The van der Waals surface area contributed by atoms with Crippen LogP contribution in [0, 0.1) is 6.92 Å². The molecule has 18 heavy (non-hydrogen) atoms. The third kappa shape index (κ3) is 2.37. The van der Waals surface area contributed by atoms with E-state index in [2.05, 4.69) is 19.2 Å². The SMILES string of the molecule is CCCNC(C)c1oc2c(Cl)ccc(Cl)c2c1C. The zero-order chi connectivity index (χ0) is 13.3. The third-order valence-corrected chi connectivity index (χ3v) is 3.72. The van der Waals surface area contributed by atoms with Crippen LogP contribution in [0.2, 0.25) is 10.0 Å². The number of fused-ring (bicyclic) bond motifs is 1. The fourth-order valence-electron chi connectivity index (χ4n) is 2.16.